The van der Waals surface area contributed by atoms with E-state index in [9.17, 15) is 14.7 Å². The zero-order valence-electron chi connectivity index (χ0n) is 18.2. The van der Waals surface area contributed by atoms with Gasteiger partial charge in [0.2, 0.25) is 11.8 Å². The monoisotopic (exact) mass is 435 g/mol. The Labute approximate surface area is 183 Å². The fourth-order valence-electron chi connectivity index (χ4n) is 2.59. The predicted molar refractivity (Wildman–Crippen MR) is 123 cm³/mol. The first-order valence-corrected chi connectivity index (χ1v) is 10.5. The van der Waals surface area contributed by atoms with Crippen LogP contribution >= 0.6 is 11.9 Å². The van der Waals surface area contributed by atoms with E-state index in [1.807, 2.05) is 60.7 Å². The quantitative estimate of drug-likeness (QED) is 0.245. The number of likely N-dealkylation sites (N-methyl/N-ethyl adjacent to an activating group) is 1. The van der Waals surface area contributed by atoms with Gasteiger partial charge in [-0.2, -0.15) is 0 Å². The lowest BCUT2D eigenvalue weighted by molar-refractivity contribution is -0.127. The molecule has 0 fully saturated rings. The van der Waals surface area contributed by atoms with Gasteiger partial charge < -0.3 is 20.6 Å². The number of amides is 2. The van der Waals surface area contributed by atoms with Gasteiger partial charge in [-0.1, -0.05) is 36.9 Å². The fraction of sp³-hybridized carbons (Fsp3) is 0.476. The Morgan fingerprint density at radius 2 is 1.83 bits per heavy atom. The lowest BCUT2D eigenvalue weighted by Gasteiger charge is -2.27. The summed E-state index contributed by atoms with van der Waals surface area (Å²) in [6, 6.07) is 9.16. The molecular formula is C21H33N5O3S. The average molecular weight is 436 g/mol. The molecule has 0 radical (unpaired) electrons. The summed E-state index contributed by atoms with van der Waals surface area (Å²) in [6.07, 6.45) is 1.49. The zero-order valence-corrected chi connectivity index (χ0v) is 19.0. The maximum atomic E-state index is 12.3. The van der Waals surface area contributed by atoms with Crippen LogP contribution in [0, 0.1) is 0 Å². The lowest BCUT2D eigenvalue weighted by atomic mass is 10.0. The van der Waals surface area contributed by atoms with Gasteiger partial charge in [0.1, 0.15) is 5.03 Å². The summed E-state index contributed by atoms with van der Waals surface area (Å²) >= 11 is 1.32. The molecule has 0 aliphatic heterocycles. The maximum absolute atomic E-state index is 12.3. The van der Waals surface area contributed by atoms with E-state index < -0.39 is 12.1 Å². The molecule has 0 bridgehead atoms. The van der Waals surface area contributed by atoms with Crippen LogP contribution in [-0.2, 0) is 16.0 Å². The van der Waals surface area contributed by atoms with E-state index in [0.29, 0.717) is 18.0 Å². The van der Waals surface area contributed by atoms with Crippen molar-refractivity contribution in [2.24, 2.45) is 4.99 Å². The molecule has 1 rings (SSSR count). The van der Waals surface area contributed by atoms with E-state index >= 15 is 0 Å². The van der Waals surface area contributed by atoms with Gasteiger partial charge in [-0.05, 0) is 31.0 Å². The maximum Gasteiger partial charge on any atom is 0.220 e. The molecule has 0 saturated heterocycles. The highest BCUT2D eigenvalue weighted by Crippen LogP contribution is 2.19. The van der Waals surface area contributed by atoms with Crippen LogP contribution in [0.4, 0.5) is 0 Å². The van der Waals surface area contributed by atoms with E-state index in [0.717, 1.165) is 5.56 Å². The van der Waals surface area contributed by atoms with Crippen molar-refractivity contribution in [1.82, 2.24) is 19.8 Å². The molecule has 8 nitrogen and oxygen atoms in total. The van der Waals surface area contributed by atoms with Crippen LogP contribution in [0.15, 0.2) is 46.9 Å². The minimum atomic E-state index is -0.822. The molecule has 0 aliphatic carbocycles. The van der Waals surface area contributed by atoms with E-state index in [1.54, 1.807) is 6.34 Å². The molecule has 1 aromatic carbocycles. The second kappa shape index (κ2) is 13.8. The van der Waals surface area contributed by atoms with Gasteiger partial charge in [-0.25, -0.2) is 9.30 Å². The summed E-state index contributed by atoms with van der Waals surface area (Å²) in [5.74, 6) is -0.466. The third kappa shape index (κ3) is 11.0. The van der Waals surface area contributed by atoms with Crippen molar-refractivity contribution in [2.75, 3.05) is 34.7 Å². The number of nitrogens with one attached hydrogen (secondary N) is 2. The summed E-state index contributed by atoms with van der Waals surface area (Å²) in [4.78, 5) is 29.7. The molecule has 1 aromatic rings. The number of aliphatic imine (C=N–C) groups is 1. The number of aliphatic hydroxyl groups is 1. The summed E-state index contributed by atoms with van der Waals surface area (Å²) < 4.78 is 1.83. The molecule has 2 amide bonds. The first-order chi connectivity index (χ1) is 14.2. The molecule has 166 valence electrons. The van der Waals surface area contributed by atoms with E-state index in [1.165, 1.54) is 19.0 Å². The van der Waals surface area contributed by atoms with Gasteiger partial charge in [-0.3, -0.25) is 9.59 Å². The third-order valence-electron chi connectivity index (χ3n) is 4.11. The minimum absolute atomic E-state index is 0.0678. The molecule has 0 spiro atoms. The van der Waals surface area contributed by atoms with Crippen molar-refractivity contribution in [2.45, 2.75) is 31.4 Å². The van der Waals surface area contributed by atoms with Crippen molar-refractivity contribution in [1.29, 1.82) is 0 Å². The fourth-order valence-corrected chi connectivity index (χ4v) is 3.27. The number of hydrogen-bond donors (Lipinski definition) is 3. The number of aliphatic hydroxyl groups excluding tert-OH is 1. The van der Waals surface area contributed by atoms with Crippen LogP contribution in [0.3, 0.4) is 0 Å². The molecule has 0 heterocycles. The van der Waals surface area contributed by atoms with Gasteiger partial charge in [0, 0.05) is 40.5 Å². The van der Waals surface area contributed by atoms with Gasteiger partial charge in [0.15, 0.2) is 0 Å². The number of benzene rings is 1. The summed E-state index contributed by atoms with van der Waals surface area (Å²) in [5.41, 5.74) is 1.00. The Morgan fingerprint density at radius 3 is 2.43 bits per heavy atom. The second-order valence-corrected chi connectivity index (χ2v) is 8.39. The van der Waals surface area contributed by atoms with Crippen LogP contribution in [0.5, 0.6) is 0 Å². The Hall–Kier alpha value is -2.36. The molecule has 0 aliphatic rings. The minimum Gasteiger partial charge on any atom is -0.390 e. The highest BCUT2D eigenvalue weighted by atomic mass is 32.2. The van der Waals surface area contributed by atoms with Crippen molar-refractivity contribution >= 4 is 30.1 Å². The SMILES string of the molecule is C=C(/N=C\N(C)C)SN(C)CC(O)C(Cc1ccccc1)NC(=O)CCC(=O)NC. The average Bonchev–Trinajstić information content (AvgIpc) is 2.70. The Balaban J connectivity index is 2.73. The van der Waals surface area contributed by atoms with Crippen LogP contribution in [0.25, 0.3) is 0 Å². The number of carbonyl (C=O) groups excluding carboxylic acids is 2. The predicted octanol–water partition coefficient (Wildman–Crippen LogP) is 1.24. The van der Waals surface area contributed by atoms with Gasteiger partial charge >= 0.3 is 0 Å². The van der Waals surface area contributed by atoms with Crippen molar-refractivity contribution in [3.05, 3.63) is 47.5 Å². The molecule has 0 aromatic heterocycles. The third-order valence-corrected chi connectivity index (χ3v) is 4.88. The van der Waals surface area contributed by atoms with Gasteiger partial charge in [0.25, 0.3) is 0 Å². The smallest absolute Gasteiger partial charge is 0.220 e. The topological polar surface area (TPSA) is 97.3 Å². The highest BCUT2D eigenvalue weighted by molar-refractivity contribution is 8.00. The van der Waals surface area contributed by atoms with Gasteiger partial charge in [0.05, 0.1) is 18.5 Å². The molecule has 0 saturated carbocycles. The summed E-state index contributed by atoms with van der Waals surface area (Å²) in [6.45, 7) is 4.19. The van der Waals surface area contributed by atoms with Crippen molar-refractivity contribution in [3.8, 4) is 0 Å². The Morgan fingerprint density at radius 1 is 1.20 bits per heavy atom. The van der Waals surface area contributed by atoms with E-state index in [-0.39, 0.29) is 24.7 Å². The van der Waals surface area contributed by atoms with E-state index in [4.69, 9.17) is 0 Å². The van der Waals surface area contributed by atoms with Crippen molar-refractivity contribution in [3.63, 3.8) is 0 Å². The van der Waals surface area contributed by atoms with Crippen LogP contribution in [-0.4, -0.2) is 79.3 Å². The molecule has 2 unspecified atom stereocenters. The standard InChI is InChI=1S/C21H33N5O3S/c1-16(23-15-25(3)4)30-26(5)14-19(27)18(13-17-9-7-6-8-10-17)24-21(29)12-11-20(28)22-2/h6-10,15,18-19,27H,1,11-14H2,2-5H3,(H,22,28)(H,24,29)/b23-15-. The Kier molecular flexibility index (Phi) is 11.8. The van der Waals surface area contributed by atoms with Crippen LogP contribution in [0.1, 0.15) is 18.4 Å². The van der Waals surface area contributed by atoms with Crippen LogP contribution < -0.4 is 10.6 Å². The molecule has 30 heavy (non-hydrogen) atoms. The Bertz CT molecular complexity index is 712. The first-order valence-electron chi connectivity index (χ1n) is 9.71. The summed E-state index contributed by atoms with van der Waals surface area (Å²) in [5, 5.41) is 16.8. The normalized spacial score (nSPS) is 13.1. The van der Waals surface area contributed by atoms with E-state index in [2.05, 4.69) is 22.2 Å². The second-order valence-electron chi connectivity index (χ2n) is 7.11. The number of carbonyl (C=O) groups is 2. The molecular weight excluding hydrogens is 402 g/mol. The molecule has 3 N–H and O–H groups in total. The first kappa shape index (κ1) is 25.7. The molecule has 9 heteroatoms. The lowest BCUT2D eigenvalue weighted by Crippen LogP contribution is -2.48. The van der Waals surface area contributed by atoms with Crippen molar-refractivity contribution < 1.29 is 14.7 Å². The molecule has 2 atom stereocenters. The number of nitrogens with zero attached hydrogens (tertiary/aromatic N) is 3. The highest BCUT2D eigenvalue weighted by Gasteiger charge is 2.23. The van der Waals surface area contributed by atoms with Crippen LogP contribution in [0.2, 0.25) is 0 Å². The van der Waals surface area contributed by atoms with Gasteiger partial charge in [-0.15, -0.1) is 0 Å². The number of rotatable bonds is 13. The largest absolute Gasteiger partial charge is 0.390 e. The summed E-state index contributed by atoms with van der Waals surface area (Å²) in [7, 11) is 7.11. The zero-order chi connectivity index (χ0) is 22.5. The number of hydrogen-bond acceptors (Lipinski definition) is 6.